The number of likely N-dealkylation sites (N-methyl/N-ethyl adjacent to an activating group) is 1. The highest BCUT2D eigenvalue weighted by molar-refractivity contribution is 7.99. The number of halogens is 1. The number of thioether (sulfide) groups is 1. The molecule has 2 nitrogen and oxygen atoms in total. The first-order valence-corrected chi connectivity index (χ1v) is 5.40. The van der Waals surface area contributed by atoms with Gasteiger partial charge in [0.05, 0.1) is 12.8 Å². The van der Waals surface area contributed by atoms with Crippen LogP contribution >= 0.6 is 11.8 Å². The Kier molecular flexibility index (Phi) is 4.32. The summed E-state index contributed by atoms with van der Waals surface area (Å²) >= 11 is 1.59. The highest BCUT2D eigenvalue weighted by Crippen LogP contribution is 2.19. The lowest BCUT2D eigenvalue weighted by Crippen LogP contribution is -2.20. The average Bonchev–Trinajstić information content (AvgIpc) is 2.31. The summed E-state index contributed by atoms with van der Waals surface area (Å²) in [6.45, 7) is 1.45. The Morgan fingerprint density at radius 2 is 2.33 bits per heavy atom. The largest absolute Gasteiger partial charge is 0.391 e. The molecule has 72 valence electrons. The Hall–Kier alpha value is 0.200. The number of hydrogen-bond acceptors (Lipinski definition) is 3. The van der Waals surface area contributed by atoms with Crippen molar-refractivity contribution in [3.8, 4) is 0 Å². The second-order valence-corrected chi connectivity index (χ2v) is 4.46. The summed E-state index contributed by atoms with van der Waals surface area (Å²) in [5, 5.41) is 9.51. The van der Waals surface area contributed by atoms with Crippen LogP contribution in [0.25, 0.3) is 0 Å². The molecule has 0 unspecified atom stereocenters. The maximum atomic E-state index is 11.7. The molecule has 4 heteroatoms. The molecular weight excluding hydrogens is 177 g/mol. The van der Waals surface area contributed by atoms with Crippen molar-refractivity contribution in [3.05, 3.63) is 0 Å². The highest BCUT2D eigenvalue weighted by Gasteiger charge is 2.28. The smallest absolute Gasteiger partial charge is 0.0984 e. The number of aliphatic hydroxyl groups is 1. The first kappa shape index (κ1) is 10.3. The van der Waals surface area contributed by atoms with Gasteiger partial charge in [-0.25, -0.2) is 0 Å². The summed E-state index contributed by atoms with van der Waals surface area (Å²) in [6, 6.07) is 0. The van der Waals surface area contributed by atoms with E-state index in [1.165, 1.54) is 0 Å². The van der Waals surface area contributed by atoms with Crippen LogP contribution in [0, 0.1) is 5.92 Å². The van der Waals surface area contributed by atoms with E-state index in [-0.39, 0.29) is 12.8 Å². The molecule has 1 N–H and O–H groups in total. The van der Waals surface area contributed by atoms with Gasteiger partial charge in [-0.2, -0.15) is 11.8 Å². The number of likely N-dealkylation sites (tertiary alicyclic amines) is 1. The molecule has 1 fully saturated rings. The van der Waals surface area contributed by atoms with Crippen molar-refractivity contribution >= 4 is 11.8 Å². The minimum atomic E-state index is -0.261. The van der Waals surface area contributed by atoms with Crippen LogP contribution in [0.4, 0.5) is 4.39 Å². The van der Waals surface area contributed by atoms with Crippen molar-refractivity contribution < 1.29 is 9.50 Å². The Morgan fingerprint density at radius 3 is 2.83 bits per heavy atom. The van der Waals surface area contributed by atoms with E-state index < -0.39 is 0 Å². The second kappa shape index (κ2) is 5.04. The fourth-order valence-corrected chi connectivity index (χ4v) is 2.42. The lowest BCUT2D eigenvalue weighted by molar-refractivity contribution is 0.152. The fraction of sp³-hybridized carbons (Fsp3) is 1.00. The summed E-state index contributed by atoms with van der Waals surface area (Å²) in [7, 11) is 2.00. The van der Waals surface area contributed by atoms with Crippen molar-refractivity contribution in [1.82, 2.24) is 4.90 Å². The zero-order valence-corrected chi connectivity index (χ0v) is 8.19. The van der Waals surface area contributed by atoms with Gasteiger partial charge >= 0.3 is 0 Å². The molecule has 1 saturated heterocycles. The van der Waals surface area contributed by atoms with Crippen molar-refractivity contribution in [3.63, 3.8) is 0 Å². The second-order valence-electron chi connectivity index (χ2n) is 3.31. The van der Waals surface area contributed by atoms with Crippen molar-refractivity contribution in [2.45, 2.75) is 6.10 Å². The van der Waals surface area contributed by atoms with E-state index >= 15 is 0 Å². The molecule has 2 atom stereocenters. The van der Waals surface area contributed by atoms with Gasteiger partial charge in [0.2, 0.25) is 0 Å². The average molecular weight is 193 g/mol. The Labute approximate surface area is 77.1 Å². The van der Waals surface area contributed by atoms with Crippen molar-refractivity contribution in [2.75, 3.05) is 38.3 Å². The zero-order chi connectivity index (χ0) is 8.97. The zero-order valence-electron chi connectivity index (χ0n) is 7.37. The molecule has 0 aromatic rings. The summed E-state index contributed by atoms with van der Waals surface area (Å²) in [5.74, 6) is 1.79. The maximum Gasteiger partial charge on any atom is 0.0984 e. The van der Waals surface area contributed by atoms with Gasteiger partial charge in [-0.05, 0) is 12.8 Å². The maximum absolute atomic E-state index is 11.7. The molecule has 0 radical (unpaired) electrons. The van der Waals surface area contributed by atoms with Crippen LogP contribution in [0.2, 0.25) is 0 Å². The monoisotopic (exact) mass is 193 g/mol. The molecule has 1 heterocycles. The van der Waals surface area contributed by atoms with Gasteiger partial charge in [0, 0.05) is 24.8 Å². The summed E-state index contributed by atoms with van der Waals surface area (Å²) in [5.41, 5.74) is 0. The van der Waals surface area contributed by atoms with E-state index in [1.807, 2.05) is 7.05 Å². The van der Waals surface area contributed by atoms with Crippen LogP contribution in [0.3, 0.4) is 0 Å². The van der Waals surface area contributed by atoms with E-state index in [0.29, 0.717) is 11.7 Å². The Morgan fingerprint density at radius 1 is 1.58 bits per heavy atom. The minimum absolute atomic E-state index is 0.206. The van der Waals surface area contributed by atoms with Gasteiger partial charge in [0.25, 0.3) is 0 Å². The lowest BCUT2D eigenvalue weighted by atomic mass is 10.1. The van der Waals surface area contributed by atoms with Crippen LogP contribution in [0.15, 0.2) is 0 Å². The normalized spacial score (nSPS) is 31.2. The predicted octanol–water partition coefficient (Wildman–Crippen LogP) is 0.612. The number of hydrogen-bond donors (Lipinski definition) is 1. The first-order valence-electron chi connectivity index (χ1n) is 4.24. The number of alkyl halides is 1. The van der Waals surface area contributed by atoms with Gasteiger partial charge in [-0.15, -0.1) is 0 Å². The molecule has 1 rings (SSSR count). The molecule has 0 aliphatic carbocycles. The van der Waals surface area contributed by atoms with Crippen LogP contribution in [-0.2, 0) is 0 Å². The van der Waals surface area contributed by atoms with Crippen molar-refractivity contribution in [1.29, 1.82) is 0 Å². The molecule has 0 amide bonds. The van der Waals surface area contributed by atoms with Crippen LogP contribution in [0.1, 0.15) is 0 Å². The molecule has 0 bridgehead atoms. The molecule has 1 aliphatic rings. The van der Waals surface area contributed by atoms with Gasteiger partial charge in [0.1, 0.15) is 0 Å². The number of rotatable bonds is 4. The van der Waals surface area contributed by atoms with Crippen molar-refractivity contribution in [2.24, 2.45) is 5.92 Å². The quantitative estimate of drug-likeness (QED) is 0.662. The molecule has 0 aromatic heterocycles. The van der Waals surface area contributed by atoms with E-state index in [0.717, 1.165) is 18.8 Å². The molecular formula is C8H16FNOS. The topological polar surface area (TPSA) is 23.5 Å². The summed E-state index contributed by atoms with van der Waals surface area (Å²) in [6.07, 6.45) is -0.206. The number of nitrogens with zero attached hydrogens (tertiary/aromatic N) is 1. The number of aliphatic hydroxyl groups excluding tert-OH is 1. The van der Waals surface area contributed by atoms with E-state index in [2.05, 4.69) is 4.90 Å². The van der Waals surface area contributed by atoms with E-state index in [1.54, 1.807) is 11.8 Å². The minimum Gasteiger partial charge on any atom is -0.391 e. The molecule has 0 spiro atoms. The standard InChI is InChI=1S/C8H16FNOS/c1-10-4-7(8(11)5-10)6-12-3-2-9/h7-8,11H,2-6H2,1H3/t7-,8+/m0/s1. The first-order chi connectivity index (χ1) is 5.74. The molecule has 0 saturated carbocycles. The number of β-amino-alcohol motifs (C(OH)–C–C–N with tert-alkyl or cyclic N) is 1. The van der Waals surface area contributed by atoms with Gasteiger partial charge in [-0.1, -0.05) is 0 Å². The van der Waals surface area contributed by atoms with E-state index in [4.69, 9.17) is 0 Å². The third kappa shape index (κ3) is 2.92. The van der Waals surface area contributed by atoms with Gasteiger partial charge < -0.3 is 10.0 Å². The Bertz CT molecular complexity index is 136. The summed E-state index contributed by atoms with van der Waals surface area (Å²) in [4.78, 5) is 2.12. The third-order valence-electron chi connectivity index (χ3n) is 2.14. The predicted molar refractivity (Wildman–Crippen MR) is 50.3 cm³/mol. The fourth-order valence-electron chi connectivity index (χ4n) is 1.52. The highest BCUT2D eigenvalue weighted by atomic mass is 32.2. The van der Waals surface area contributed by atoms with E-state index in [9.17, 15) is 9.50 Å². The Balaban J connectivity index is 2.15. The lowest BCUT2D eigenvalue weighted by Gasteiger charge is -2.11. The van der Waals surface area contributed by atoms with Gasteiger partial charge in [-0.3, -0.25) is 4.39 Å². The summed E-state index contributed by atoms with van der Waals surface area (Å²) < 4.78 is 11.7. The van der Waals surface area contributed by atoms with Crippen LogP contribution in [0.5, 0.6) is 0 Å². The molecule has 12 heavy (non-hydrogen) atoms. The van der Waals surface area contributed by atoms with Crippen LogP contribution < -0.4 is 0 Å². The third-order valence-corrected chi connectivity index (χ3v) is 3.25. The SMILES string of the molecule is CN1C[C@@H](CSCCF)[C@H](O)C1. The van der Waals surface area contributed by atoms with Crippen LogP contribution in [-0.4, -0.2) is 54.4 Å². The van der Waals surface area contributed by atoms with Gasteiger partial charge in [0.15, 0.2) is 0 Å². The molecule has 1 aliphatic heterocycles. The molecule has 0 aromatic carbocycles.